The minimum absolute atomic E-state index is 0.0752. The molecular weight excluding hydrogens is 262 g/mol. The molecule has 0 bridgehead atoms. The minimum Gasteiger partial charge on any atom is -0.394 e. The van der Waals surface area contributed by atoms with Crippen molar-refractivity contribution in [3.05, 3.63) is 27.4 Å². The number of aliphatic hydroxyl groups excluding tert-OH is 1. The number of pyridine rings is 1. The Balaban J connectivity index is 2.24. The highest BCUT2D eigenvalue weighted by atomic mass is 35.5. The molecule has 1 fully saturated rings. The largest absolute Gasteiger partial charge is 0.394 e. The van der Waals surface area contributed by atoms with Crippen molar-refractivity contribution in [1.82, 2.24) is 4.98 Å². The van der Waals surface area contributed by atoms with Gasteiger partial charge in [-0.2, -0.15) is 0 Å². The molecule has 0 saturated carbocycles. The highest BCUT2D eigenvalue weighted by Crippen LogP contribution is 2.24. The number of nitro groups is 1. The molecule has 2 rings (SSSR count). The van der Waals surface area contributed by atoms with Crippen LogP contribution in [-0.2, 0) is 4.74 Å². The lowest BCUT2D eigenvalue weighted by atomic mass is 10.2. The SMILES string of the molecule is O=[N+]([O-])c1cc(Cl)nc(N2CCOC(CO)C2)c1. The van der Waals surface area contributed by atoms with Crippen molar-refractivity contribution in [3.8, 4) is 0 Å². The predicted octanol–water partition coefficient (Wildman–Crippen LogP) is 0.841. The van der Waals surface area contributed by atoms with Crippen LogP contribution in [0.15, 0.2) is 12.1 Å². The zero-order valence-corrected chi connectivity index (χ0v) is 10.2. The van der Waals surface area contributed by atoms with Gasteiger partial charge < -0.3 is 14.7 Å². The van der Waals surface area contributed by atoms with Crippen LogP contribution in [0.5, 0.6) is 0 Å². The van der Waals surface area contributed by atoms with Gasteiger partial charge in [0.05, 0.1) is 36.4 Å². The third-order valence-electron chi connectivity index (χ3n) is 2.64. The van der Waals surface area contributed by atoms with E-state index < -0.39 is 4.92 Å². The Kier molecular flexibility index (Phi) is 3.95. The van der Waals surface area contributed by atoms with Crippen molar-refractivity contribution < 1.29 is 14.8 Å². The van der Waals surface area contributed by atoms with Gasteiger partial charge in [-0.1, -0.05) is 11.6 Å². The van der Waals surface area contributed by atoms with Gasteiger partial charge in [0.2, 0.25) is 0 Å². The van der Waals surface area contributed by atoms with Gasteiger partial charge in [-0.25, -0.2) is 4.98 Å². The Morgan fingerprint density at radius 2 is 2.44 bits per heavy atom. The molecule has 1 unspecified atom stereocenters. The van der Waals surface area contributed by atoms with Crippen molar-refractivity contribution in [2.45, 2.75) is 6.10 Å². The van der Waals surface area contributed by atoms with Gasteiger partial charge in [0, 0.05) is 13.1 Å². The third-order valence-corrected chi connectivity index (χ3v) is 2.84. The number of morpholine rings is 1. The Bertz CT molecular complexity index is 457. The van der Waals surface area contributed by atoms with Crippen LogP contribution in [-0.4, -0.2) is 47.4 Å². The second-order valence-electron chi connectivity index (χ2n) is 3.88. The molecule has 18 heavy (non-hydrogen) atoms. The van der Waals surface area contributed by atoms with Crippen molar-refractivity contribution in [1.29, 1.82) is 0 Å². The summed E-state index contributed by atoms with van der Waals surface area (Å²) in [6.07, 6.45) is -0.307. The third kappa shape index (κ3) is 2.87. The zero-order valence-electron chi connectivity index (χ0n) is 9.45. The highest BCUT2D eigenvalue weighted by molar-refractivity contribution is 6.29. The normalized spacial score (nSPS) is 19.9. The fraction of sp³-hybridized carbons (Fsp3) is 0.500. The molecule has 2 heterocycles. The second kappa shape index (κ2) is 5.47. The maximum absolute atomic E-state index is 10.7. The van der Waals surface area contributed by atoms with E-state index in [4.69, 9.17) is 21.4 Å². The number of nitrogens with zero attached hydrogens (tertiary/aromatic N) is 3. The molecule has 1 saturated heterocycles. The smallest absolute Gasteiger partial charge is 0.276 e. The molecule has 1 N–H and O–H groups in total. The van der Waals surface area contributed by atoms with Crippen molar-refractivity contribution in [2.24, 2.45) is 0 Å². The topological polar surface area (TPSA) is 88.7 Å². The molecule has 0 amide bonds. The van der Waals surface area contributed by atoms with Crippen LogP contribution in [0.3, 0.4) is 0 Å². The predicted molar refractivity (Wildman–Crippen MR) is 64.9 cm³/mol. The van der Waals surface area contributed by atoms with E-state index in [9.17, 15) is 10.1 Å². The van der Waals surface area contributed by atoms with Crippen LogP contribution in [0.2, 0.25) is 5.15 Å². The number of hydrogen-bond acceptors (Lipinski definition) is 6. The van der Waals surface area contributed by atoms with Gasteiger partial charge in [-0.15, -0.1) is 0 Å². The zero-order chi connectivity index (χ0) is 13.1. The molecule has 1 atom stereocenters. The molecular formula is C10H12ClN3O4. The summed E-state index contributed by atoms with van der Waals surface area (Å²) in [6.45, 7) is 1.33. The second-order valence-corrected chi connectivity index (χ2v) is 4.27. The van der Waals surface area contributed by atoms with Crippen LogP contribution in [0.1, 0.15) is 0 Å². The Hall–Kier alpha value is -1.44. The molecule has 0 aromatic carbocycles. The van der Waals surface area contributed by atoms with Crippen LogP contribution in [0.4, 0.5) is 11.5 Å². The van der Waals surface area contributed by atoms with E-state index in [1.807, 2.05) is 4.90 Å². The lowest BCUT2D eigenvalue weighted by Crippen LogP contribution is -2.44. The quantitative estimate of drug-likeness (QED) is 0.499. The lowest BCUT2D eigenvalue weighted by Gasteiger charge is -2.32. The van der Waals surface area contributed by atoms with Crippen LogP contribution < -0.4 is 4.90 Å². The van der Waals surface area contributed by atoms with E-state index in [1.165, 1.54) is 12.1 Å². The molecule has 1 aliphatic heterocycles. The fourth-order valence-corrected chi connectivity index (χ4v) is 1.97. The number of aliphatic hydroxyl groups is 1. The van der Waals surface area contributed by atoms with Crippen molar-refractivity contribution in [3.63, 3.8) is 0 Å². The number of ether oxygens (including phenoxy) is 1. The minimum atomic E-state index is -0.513. The molecule has 8 heteroatoms. The Morgan fingerprint density at radius 1 is 1.67 bits per heavy atom. The summed E-state index contributed by atoms with van der Waals surface area (Å²) >= 11 is 5.76. The van der Waals surface area contributed by atoms with E-state index in [0.717, 1.165) is 0 Å². The van der Waals surface area contributed by atoms with Crippen LogP contribution in [0.25, 0.3) is 0 Å². The highest BCUT2D eigenvalue weighted by Gasteiger charge is 2.22. The lowest BCUT2D eigenvalue weighted by molar-refractivity contribution is -0.384. The van der Waals surface area contributed by atoms with E-state index in [0.29, 0.717) is 25.5 Å². The number of hydrogen-bond donors (Lipinski definition) is 1. The van der Waals surface area contributed by atoms with Gasteiger partial charge in [0.25, 0.3) is 5.69 Å². The summed E-state index contributed by atoms with van der Waals surface area (Å²) in [4.78, 5) is 16.1. The Morgan fingerprint density at radius 3 is 3.11 bits per heavy atom. The van der Waals surface area contributed by atoms with Crippen molar-refractivity contribution >= 4 is 23.1 Å². The van der Waals surface area contributed by atoms with Crippen LogP contribution in [0, 0.1) is 10.1 Å². The van der Waals surface area contributed by atoms with Gasteiger partial charge in [-0.05, 0) is 0 Å². The maximum Gasteiger partial charge on any atom is 0.276 e. The van der Waals surface area contributed by atoms with Crippen molar-refractivity contribution in [2.75, 3.05) is 31.2 Å². The fourth-order valence-electron chi connectivity index (χ4n) is 1.78. The molecule has 0 radical (unpaired) electrons. The summed E-state index contributed by atoms with van der Waals surface area (Å²) in [5.74, 6) is 0.427. The first-order chi connectivity index (χ1) is 8.60. The molecule has 1 aromatic rings. The molecule has 1 aliphatic rings. The molecule has 98 valence electrons. The van der Waals surface area contributed by atoms with E-state index in [-0.39, 0.29) is 23.6 Å². The van der Waals surface area contributed by atoms with Gasteiger partial charge in [-0.3, -0.25) is 10.1 Å². The first-order valence-corrected chi connectivity index (χ1v) is 5.77. The number of anilines is 1. The molecule has 0 aliphatic carbocycles. The summed E-state index contributed by atoms with van der Waals surface area (Å²) in [6, 6.07) is 2.57. The number of halogens is 1. The van der Waals surface area contributed by atoms with E-state index in [1.54, 1.807) is 0 Å². The monoisotopic (exact) mass is 273 g/mol. The number of aromatic nitrogens is 1. The molecule has 0 spiro atoms. The van der Waals surface area contributed by atoms with E-state index in [2.05, 4.69) is 4.98 Å². The Labute approximate surface area is 108 Å². The average Bonchev–Trinajstić information content (AvgIpc) is 2.38. The first kappa shape index (κ1) is 13.0. The standard InChI is InChI=1S/C10H12ClN3O4/c11-9-3-7(14(16)17)4-10(12-9)13-1-2-18-8(5-13)6-15/h3-4,8,15H,1-2,5-6H2. The summed E-state index contributed by atoms with van der Waals surface area (Å²) in [7, 11) is 0. The van der Waals surface area contributed by atoms with Crippen LogP contribution >= 0.6 is 11.6 Å². The summed E-state index contributed by atoms with van der Waals surface area (Å²) < 4.78 is 5.30. The first-order valence-electron chi connectivity index (χ1n) is 5.39. The summed E-state index contributed by atoms with van der Waals surface area (Å²) in [5.41, 5.74) is -0.1000. The van der Waals surface area contributed by atoms with Gasteiger partial charge in [0.15, 0.2) is 0 Å². The molecule has 7 nitrogen and oxygen atoms in total. The number of rotatable bonds is 3. The average molecular weight is 274 g/mol. The van der Waals surface area contributed by atoms with Gasteiger partial charge >= 0.3 is 0 Å². The maximum atomic E-state index is 10.7. The van der Waals surface area contributed by atoms with E-state index >= 15 is 0 Å². The van der Waals surface area contributed by atoms with Gasteiger partial charge in [0.1, 0.15) is 11.0 Å². The summed E-state index contributed by atoms with van der Waals surface area (Å²) in [5, 5.41) is 19.9. The molecule has 1 aromatic heterocycles.